The SMILES string of the molecule is COc1cc(NC(=O)OCc2ccccc2)c(Br)cn1. The molecule has 20 heavy (non-hydrogen) atoms. The van der Waals surface area contributed by atoms with Crippen molar-refractivity contribution >= 4 is 27.7 Å². The smallest absolute Gasteiger partial charge is 0.411 e. The van der Waals surface area contributed by atoms with Gasteiger partial charge in [0.15, 0.2) is 0 Å². The first kappa shape index (κ1) is 14.3. The molecule has 1 amide bonds. The van der Waals surface area contributed by atoms with Crippen LogP contribution in [-0.4, -0.2) is 18.2 Å². The number of carbonyl (C=O) groups excluding carboxylic acids is 1. The fraction of sp³-hybridized carbons (Fsp3) is 0.143. The van der Waals surface area contributed by atoms with Crippen LogP contribution < -0.4 is 10.1 Å². The standard InChI is InChI=1S/C14H13BrN2O3/c1-19-13-7-12(11(15)8-16-13)17-14(18)20-9-10-5-3-2-4-6-10/h2-8H,9H2,1H3,(H,16,17,18). The molecule has 2 rings (SSSR count). The van der Waals surface area contributed by atoms with E-state index in [1.165, 1.54) is 7.11 Å². The summed E-state index contributed by atoms with van der Waals surface area (Å²) in [5.41, 5.74) is 1.46. The van der Waals surface area contributed by atoms with Gasteiger partial charge in [0.25, 0.3) is 0 Å². The summed E-state index contributed by atoms with van der Waals surface area (Å²) in [6.45, 7) is 0.215. The second-order valence-electron chi connectivity index (χ2n) is 3.89. The maximum atomic E-state index is 11.7. The van der Waals surface area contributed by atoms with E-state index < -0.39 is 6.09 Å². The molecule has 0 saturated carbocycles. The van der Waals surface area contributed by atoms with Gasteiger partial charge in [0, 0.05) is 12.3 Å². The van der Waals surface area contributed by atoms with E-state index in [2.05, 4.69) is 26.2 Å². The lowest BCUT2D eigenvalue weighted by molar-refractivity contribution is 0.155. The average Bonchev–Trinajstić information content (AvgIpc) is 2.48. The number of benzene rings is 1. The minimum absolute atomic E-state index is 0.215. The lowest BCUT2D eigenvalue weighted by atomic mass is 10.2. The van der Waals surface area contributed by atoms with Crippen LogP contribution in [0.2, 0.25) is 0 Å². The third-order valence-corrected chi connectivity index (χ3v) is 3.12. The maximum absolute atomic E-state index is 11.7. The second-order valence-corrected chi connectivity index (χ2v) is 4.75. The van der Waals surface area contributed by atoms with Crippen LogP contribution in [0.15, 0.2) is 47.1 Å². The molecule has 1 aromatic carbocycles. The molecule has 2 aromatic rings. The van der Waals surface area contributed by atoms with E-state index in [0.29, 0.717) is 16.0 Å². The number of methoxy groups -OCH3 is 1. The number of amides is 1. The first-order valence-corrected chi connectivity index (χ1v) is 6.65. The molecule has 0 aliphatic heterocycles. The molecule has 0 aliphatic rings. The summed E-state index contributed by atoms with van der Waals surface area (Å²) in [5.74, 6) is 0.409. The Hall–Kier alpha value is -2.08. The zero-order chi connectivity index (χ0) is 14.4. The van der Waals surface area contributed by atoms with E-state index in [0.717, 1.165) is 5.56 Å². The number of halogens is 1. The van der Waals surface area contributed by atoms with Gasteiger partial charge in [-0.1, -0.05) is 30.3 Å². The number of carbonyl (C=O) groups is 1. The van der Waals surface area contributed by atoms with Gasteiger partial charge in [-0.05, 0) is 21.5 Å². The normalized spacial score (nSPS) is 9.90. The van der Waals surface area contributed by atoms with Crippen molar-refractivity contribution in [2.24, 2.45) is 0 Å². The zero-order valence-electron chi connectivity index (χ0n) is 10.8. The minimum atomic E-state index is -0.539. The molecular formula is C14H13BrN2O3. The number of ether oxygens (including phenoxy) is 2. The summed E-state index contributed by atoms with van der Waals surface area (Å²) in [6.07, 6.45) is 1.01. The molecule has 0 unspecified atom stereocenters. The van der Waals surface area contributed by atoms with Gasteiger partial charge in [0.05, 0.1) is 17.3 Å². The highest BCUT2D eigenvalue weighted by Gasteiger charge is 2.08. The van der Waals surface area contributed by atoms with Crippen molar-refractivity contribution in [1.82, 2.24) is 4.98 Å². The molecule has 0 bridgehead atoms. The first-order valence-electron chi connectivity index (χ1n) is 5.86. The number of rotatable bonds is 4. The van der Waals surface area contributed by atoms with E-state index in [1.54, 1.807) is 12.3 Å². The predicted molar refractivity (Wildman–Crippen MR) is 78.7 cm³/mol. The first-order chi connectivity index (χ1) is 9.69. The lowest BCUT2D eigenvalue weighted by Crippen LogP contribution is -2.14. The number of pyridine rings is 1. The summed E-state index contributed by atoms with van der Waals surface area (Å²) >= 11 is 3.30. The number of anilines is 1. The molecule has 0 fully saturated rings. The Labute approximate surface area is 125 Å². The Morgan fingerprint density at radius 1 is 1.35 bits per heavy atom. The van der Waals surface area contributed by atoms with Gasteiger partial charge in [0.2, 0.25) is 5.88 Å². The molecule has 6 heteroatoms. The molecule has 0 spiro atoms. The summed E-state index contributed by atoms with van der Waals surface area (Å²) in [7, 11) is 1.51. The minimum Gasteiger partial charge on any atom is -0.481 e. The molecule has 104 valence electrons. The second kappa shape index (κ2) is 6.91. The molecule has 5 nitrogen and oxygen atoms in total. The van der Waals surface area contributed by atoms with Crippen molar-refractivity contribution in [3.8, 4) is 5.88 Å². The van der Waals surface area contributed by atoms with Crippen molar-refractivity contribution in [2.75, 3.05) is 12.4 Å². The highest BCUT2D eigenvalue weighted by atomic mass is 79.9. The van der Waals surface area contributed by atoms with E-state index in [9.17, 15) is 4.79 Å². The third-order valence-electron chi connectivity index (χ3n) is 2.49. The van der Waals surface area contributed by atoms with Crippen LogP contribution in [0.25, 0.3) is 0 Å². The van der Waals surface area contributed by atoms with Crippen LogP contribution in [-0.2, 0) is 11.3 Å². The number of aromatic nitrogens is 1. The number of nitrogens with zero attached hydrogens (tertiary/aromatic N) is 1. The maximum Gasteiger partial charge on any atom is 0.411 e. The van der Waals surface area contributed by atoms with Crippen LogP contribution in [0, 0.1) is 0 Å². The molecule has 1 aromatic heterocycles. The van der Waals surface area contributed by atoms with Crippen LogP contribution in [0.4, 0.5) is 10.5 Å². The average molecular weight is 337 g/mol. The molecule has 0 saturated heterocycles. The Morgan fingerprint density at radius 2 is 2.10 bits per heavy atom. The van der Waals surface area contributed by atoms with Crippen molar-refractivity contribution in [3.63, 3.8) is 0 Å². The van der Waals surface area contributed by atoms with Crippen molar-refractivity contribution in [1.29, 1.82) is 0 Å². The van der Waals surface area contributed by atoms with E-state index >= 15 is 0 Å². The quantitative estimate of drug-likeness (QED) is 0.926. The predicted octanol–water partition coefficient (Wildman–Crippen LogP) is 3.60. The number of hydrogen-bond donors (Lipinski definition) is 1. The van der Waals surface area contributed by atoms with Crippen molar-refractivity contribution < 1.29 is 14.3 Å². The number of hydrogen-bond acceptors (Lipinski definition) is 4. The summed E-state index contributed by atoms with van der Waals surface area (Å²) in [6, 6.07) is 11.1. The van der Waals surface area contributed by atoms with Crippen LogP contribution in [0.5, 0.6) is 5.88 Å². The molecule has 0 atom stereocenters. The molecule has 1 N–H and O–H groups in total. The van der Waals surface area contributed by atoms with Gasteiger partial charge < -0.3 is 9.47 Å². The van der Waals surface area contributed by atoms with Crippen LogP contribution in [0.3, 0.4) is 0 Å². The Bertz CT molecular complexity index is 590. The fourth-order valence-corrected chi connectivity index (χ4v) is 1.81. The van der Waals surface area contributed by atoms with E-state index in [4.69, 9.17) is 9.47 Å². The van der Waals surface area contributed by atoms with Crippen LogP contribution >= 0.6 is 15.9 Å². The topological polar surface area (TPSA) is 60.5 Å². The molecule has 0 aliphatic carbocycles. The van der Waals surface area contributed by atoms with Gasteiger partial charge in [-0.3, -0.25) is 5.32 Å². The Morgan fingerprint density at radius 3 is 2.80 bits per heavy atom. The van der Waals surface area contributed by atoms with E-state index in [-0.39, 0.29) is 6.61 Å². The van der Waals surface area contributed by atoms with E-state index in [1.807, 2.05) is 30.3 Å². The highest BCUT2D eigenvalue weighted by Crippen LogP contribution is 2.24. The van der Waals surface area contributed by atoms with Gasteiger partial charge >= 0.3 is 6.09 Å². The van der Waals surface area contributed by atoms with Crippen molar-refractivity contribution in [3.05, 3.63) is 52.6 Å². The fourth-order valence-electron chi connectivity index (χ4n) is 1.50. The molecule has 1 heterocycles. The zero-order valence-corrected chi connectivity index (χ0v) is 12.4. The molecule has 0 radical (unpaired) electrons. The highest BCUT2D eigenvalue weighted by molar-refractivity contribution is 9.10. The van der Waals surface area contributed by atoms with Gasteiger partial charge in [-0.15, -0.1) is 0 Å². The van der Waals surface area contributed by atoms with Gasteiger partial charge in [-0.2, -0.15) is 0 Å². The summed E-state index contributed by atoms with van der Waals surface area (Å²) < 4.78 is 10.8. The largest absolute Gasteiger partial charge is 0.481 e. The Balaban J connectivity index is 1.94. The summed E-state index contributed by atoms with van der Waals surface area (Å²) in [5, 5.41) is 2.63. The van der Waals surface area contributed by atoms with Gasteiger partial charge in [0.1, 0.15) is 6.61 Å². The third kappa shape index (κ3) is 3.96. The monoisotopic (exact) mass is 336 g/mol. The van der Waals surface area contributed by atoms with Crippen LogP contribution in [0.1, 0.15) is 5.56 Å². The van der Waals surface area contributed by atoms with Gasteiger partial charge in [-0.25, -0.2) is 9.78 Å². The molecular weight excluding hydrogens is 324 g/mol. The Kier molecular flexibility index (Phi) is 4.95. The number of nitrogens with one attached hydrogen (secondary N) is 1. The lowest BCUT2D eigenvalue weighted by Gasteiger charge is -2.09. The summed E-state index contributed by atoms with van der Waals surface area (Å²) in [4.78, 5) is 15.7. The van der Waals surface area contributed by atoms with Crippen molar-refractivity contribution in [2.45, 2.75) is 6.61 Å².